The molecule has 2 heterocycles. The topological polar surface area (TPSA) is 91.8 Å². The van der Waals surface area contributed by atoms with E-state index in [4.69, 9.17) is 9.84 Å². The number of rotatable bonds is 5. The van der Waals surface area contributed by atoms with E-state index < -0.39 is 5.97 Å². The molecule has 0 spiro atoms. The van der Waals surface area contributed by atoms with Gasteiger partial charge in [0.15, 0.2) is 0 Å². The molecule has 2 rings (SSSR count). The highest BCUT2D eigenvalue weighted by atomic mass is 16.5. The van der Waals surface area contributed by atoms with Crippen molar-refractivity contribution in [2.45, 2.75) is 19.4 Å². The molecule has 1 saturated heterocycles. The largest absolute Gasteiger partial charge is 0.481 e. The summed E-state index contributed by atoms with van der Waals surface area (Å²) in [6, 6.07) is 3.41. The van der Waals surface area contributed by atoms with Crippen LogP contribution >= 0.6 is 0 Å². The lowest BCUT2D eigenvalue weighted by Gasteiger charge is -2.17. The summed E-state index contributed by atoms with van der Waals surface area (Å²) in [6.07, 6.45) is 2.51. The van der Waals surface area contributed by atoms with E-state index in [9.17, 15) is 9.59 Å². The fourth-order valence-electron chi connectivity index (χ4n) is 2.36. The van der Waals surface area contributed by atoms with Gasteiger partial charge in [-0.3, -0.25) is 4.79 Å². The first-order valence-electron chi connectivity index (χ1n) is 6.82. The maximum Gasteiger partial charge on any atom is 0.317 e. The predicted octanol–water partition coefficient (Wildman–Crippen LogP) is 1.10. The van der Waals surface area contributed by atoms with E-state index in [1.54, 1.807) is 24.3 Å². The number of ether oxygens (including phenoxy) is 1. The number of hydrogen-bond donors (Lipinski definition) is 2. The van der Waals surface area contributed by atoms with Crippen LogP contribution in [0.5, 0.6) is 5.88 Å². The summed E-state index contributed by atoms with van der Waals surface area (Å²) < 4.78 is 4.96. The van der Waals surface area contributed by atoms with Crippen LogP contribution in [0.3, 0.4) is 0 Å². The van der Waals surface area contributed by atoms with Gasteiger partial charge in [0.2, 0.25) is 5.88 Å². The van der Waals surface area contributed by atoms with Crippen LogP contribution in [0.1, 0.15) is 18.4 Å². The van der Waals surface area contributed by atoms with Crippen LogP contribution in [0.2, 0.25) is 0 Å². The highest BCUT2D eigenvalue weighted by Crippen LogP contribution is 2.19. The van der Waals surface area contributed by atoms with Gasteiger partial charge >= 0.3 is 12.0 Å². The molecule has 1 aliphatic rings. The molecule has 1 aromatic rings. The van der Waals surface area contributed by atoms with Crippen molar-refractivity contribution in [3.05, 3.63) is 23.9 Å². The summed E-state index contributed by atoms with van der Waals surface area (Å²) in [4.78, 5) is 28.4. The number of methoxy groups -OCH3 is 1. The van der Waals surface area contributed by atoms with Gasteiger partial charge in [0.25, 0.3) is 0 Å². The summed E-state index contributed by atoms with van der Waals surface area (Å²) in [7, 11) is 1.55. The van der Waals surface area contributed by atoms with E-state index >= 15 is 0 Å². The number of urea groups is 1. The van der Waals surface area contributed by atoms with Gasteiger partial charge in [0.1, 0.15) is 0 Å². The summed E-state index contributed by atoms with van der Waals surface area (Å²) in [6.45, 7) is 1.49. The summed E-state index contributed by atoms with van der Waals surface area (Å²) >= 11 is 0. The maximum absolute atomic E-state index is 12.0. The highest BCUT2D eigenvalue weighted by Gasteiger charge is 2.27. The van der Waals surface area contributed by atoms with Crippen LogP contribution in [0.15, 0.2) is 18.3 Å². The van der Waals surface area contributed by atoms with E-state index in [1.165, 1.54) is 0 Å². The van der Waals surface area contributed by atoms with Gasteiger partial charge in [0.05, 0.1) is 7.11 Å². The Labute approximate surface area is 122 Å². The minimum atomic E-state index is -0.813. The quantitative estimate of drug-likeness (QED) is 0.848. The minimum Gasteiger partial charge on any atom is -0.481 e. The second-order valence-electron chi connectivity index (χ2n) is 5.07. The van der Waals surface area contributed by atoms with Crippen molar-refractivity contribution in [3.63, 3.8) is 0 Å². The third-order valence-electron chi connectivity index (χ3n) is 3.49. The first-order valence-corrected chi connectivity index (χ1v) is 6.82. The van der Waals surface area contributed by atoms with Crippen molar-refractivity contribution < 1.29 is 19.4 Å². The van der Waals surface area contributed by atoms with E-state index in [0.29, 0.717) is 25.5 Å². The van der Waals surface area contributed by atoms with Crippen LogP contribution in [0.4, 0.5) is 4.79 Å². The molecule has 1 atom stereocenters. The van der Waals surface area contributed by atoms with E-state index in [0.717, 1.165) is 12.0 Å². The molecule has 7 nitrogen and oxygen atoms in total. The Bertz CT molecular complexity index is 503. The monoisotopic (exact) mass is 293 g/mol. The second-order valence-corrected chi connectivity index (χ2v) is 5.07. The zero-order valence-corrected chi connectivity index (χ0v) is 11.9. The van der Waals surface area contributed by atoms with Gasteiger partial charge in [-0.2, -0.15) is 0 Å². The van der Waals surface area contributed by atoms with Gasteiger partial charge in [0, 0.05) is 38.3 Å². The Morgan fingerprint density at radius 1 is 1.52 bits per heavy atom. The van der Waals surface area contributed by atoms with Gasteiger partial charge in [-0.1, -0.05) is 6.07 Å². The summed E-state index contributed by atoms with van der Waals surface area (Å²) in [5, 5.41) is 11.6. The average Bonchev–Trinajstić information content (AvgIpc) is 2.93. The number of carbonyl (C=O) groups excluding carboxylic acids is 1. The molecule has 114 valence electrons. The maximum atomic E-state index is 12.0. The second kappa shape index (κ2) is 6.92. The lowest BCUT2D eigenvalue weighted by molar-refractivity contribution is -0.138. The van der Waals surface area contributed by atoms with Crippen LogP contribution in [0.25, 0.3) is 0 Å². The molecular formula is C14H19N3O4. The number of carbonyl (C=O) groups is 2. The number of pyridine rings is 1. The molecule has 2 amide bonds. The Morgan fingerprint density at radius 2 is 2.33 bits per heavy atom. The molecule has 7 heteroatoms. The molecule has 21 heavy (non-hydrogen) atoms. The zero-order valence-electron chi connectivity index (χ0n) is 11.9. The third-order valence-corrected chi connectivity index (χ3v) is 3.49. The molecule has 0 aliphatic carbocycles. The molecule has 0 radical (unpaired) electrons. The number of aromatic nitrogens is 1. The highest BCUT2D eigenvalue weighted by molar-refractivity contribution is 5.74. The lowest BCUT2D eigenvalue weighted by atomic mass is 10.1. The Kier molecular flexibility index (Phi) is 4.97. The number of nitrogens with one attached hydrogen (secondary N) is 1. The first-order chi connectivity index (χ1) is 10.1. The first kappa shape index (κ1) is 15.1. The van der Waals surface area contributed by atoms with E-state index in [-0.39, 0.29) is 18.4 Å². The molecule has 2 N–H and O–H groups in total. The van der Waals surface area contributed by atoms with Crippen molar-refractivity contribution in [2.24, 2.45) is 5.92 Å². The number of hydrogen-bond acceptors (Lipinski definition) is 4. The van der Waals surface area contributed by atoms with Gasteiger partial charge in [-0.15, -0.1) is 0 Å². The van der Waals surface area contributed by atoms with Crippen LogP contribution in [-0.2, 0) is 11.3 Å². The third kappa shape index (κ3) is 4.34. The van der Waals surface area contributed by atoms with Crippen LogP contribution < -0.4 is 10.1 Å². The van der Waals surface area contributed by atoms with Gasteiger partial charge < -0.3 is 20.1 Å². The van der Waals surface area contributed by atoms with Crippen molar-refractivity contribution in [1.29, 1.82) is 0 Å². The molecule has 0 bridgehead atoms. The number of carboxylic acid groups (broad SMARTS) is 1. The summed E-state index contributed by atoms with van der Waals surface area (Å²) in [5.41, 5.74) is 0.880. The number of nitrogens with zero attached hydrogens (tertiary/aromatic N) is 2. The van der Waals surface area contributed by atoms with Crippen molar-refractivity contribution in [2.75, 3.05) is 20.2 Å². The molecule has 1 unspecified atom stereocenters. The van der Waals surface area contributed by atoms with Crippen LogP contribution in [-0.4, -0.2) is 47.2 Å². The van der Waals surface area contributed by atoms with Gasteiger partial charge in [-0.25, -0.2) is 9.78 Å². The standard InChI is InChI=1S/C14H19N3O4/c1-21-12-3-2-11(7-15-12)8-16-14(20)17-5-4-10(9-17)6-13(18)19/h2-3,7,10H,4-6,8-9H2,1H3,(H,16,20)(H,18,19). The molecular weight excluding hydrogens is 274 g/mol. The van der Waals surface area contributed by atoms with Crippen molar-refractivity contribution in [1.82, 2.24) is 15.2 Å². The normalized spacial score (nSPS) is 17.6. The zero-order chi connectivity index (χ0) is 15.2. The molecule has 0 saturated carbocycles. The predicted molar refractivity (Wildman–Crippen MR) is 75.0 cm³/mol. The Hall–Kier alpha value is -2.31. The summed E-state index contributed by atoms with van der Waals surface area (Å²) in [5.74, 6) is -0.233. The van der Waals surface area contributed by atoms with E-state index in [1.807, 2.05) is 6.07 Å². The minimum absolute atomic E-state index is 0.0518. The Morgan fingerprint density at radius 3 is 2.95 bits per heavy atom. The molecule has 1 fully saturated rings. The number of aliphatic carboxylic acids is 1. The molecule has 0 aromatic carbocycles. The number of likely N-dealkylation sites (tertiary alicyclic amines) is 1. The molecule has 1 aliphatic heterocycles. The SMILES string of the molecule is COc1ccc(CNC(=O)N2CCC(CC(=O)O)C2)cn1. The van der Waals surface area contributed by atoms with Crippen LogP contribution in [0, 0.1) is 5.92 Å². The number of carboxylic acids is 1. The lowest BCUT2D eigenvalue weighted by Crippen LogP contribution is -2.38. The smallest absolute Gasteiger partial charge is 0.317 e. The fourth-order valence-corrected chi connectivity index (χ4v) is 2.36. The Balaban J connectivity index is 1.78. The van der Waals surface area contributed by atoms with Crippen molar-refractivity contribution in [3.8, 4) is 5.88 Å². The fraction of sp³-hybridized carbons (Fsp3) is 0.500. The van der Waals surface area contributed by atoms with Crippen molar-refractivity contribution >= 4 is 12.0 Å². The average molecular weight is 293 g/mol. The molecule has 1 aromatic heterocycles. The van der Waals surface area contributed by atoms with Gasteiger partial charge in [-0.05, 0) is 17.9 Å². The number of amides is 2. The van der Waals surface area contributed by atoms with E-state index in [2.05, 4.69) is 10.3 Å².